The summed E-state index contributed by atoms with van der Waals surface area (Å²) in [6.07, 6.45) is -0.434. The summed E-state index contributed by atoms with van der Waals surface area (Å²) in [7, 11) is -0.830. The molecule has 0 aromatic heterocycles. The molecule has 0 N–H and O–H groups in total. The van der Waals surface area contributed by atoms with Crippen molar-refractivity contribution >= 4 is 16.1 Å². The van der Waals surface area contributed by atoms with Crippen molar-refractivity contribution in [1.82, 2.24) is 9.21 Å². The second-order valence-corrected chi connectivity index (χ2v) is 8.79. The van der Waals surface area contributed by atoms with Gasteiger partial charge in [-0.2, -0.15) is 4.31 Å². The minimum absolute atomic E-state index is 0.0755. The van der Waals surface area contributed by atoms with Crippen molar-refractivity contribution in [3.63, 3.8) is 0 Å². The van der Waals surface area contributed by atoms with Crippen molar-refractivity contribution in [2.45, 2.75) is 31.3 Å². The molecule has 8 nitrogen and oxygen atoms in total. The summed E-state index contributed by atoms with van der Waals surface area (Å²) < 4.78 is 42.9. The van der Waals surface area contributed by atoms with Crippen LogP contribution < -0.4 is 9.47 Å². The van der Waals surface area contributed by atoms with Gasteiger partial charge in [-0.1, -0.05) is 0 Å². The summed E-state index contributed by atoms with van der Waals surface area (Å²) >= 11 is 0. The van der Waals surface area contributed by atoms with Crippen LogP contribution in [0.25, 0.3) is 0 Å². The van der Waals surface area contributed by atoms with Gasteiger partial charge in [0.1, 0.15) is 22.0 Å². The molecule has 1 aliphatic rings. The number of benzene rings is 1. The maximum Gasteiger partial charge on any atom is 0.410 e. The number of methoxy groups -OCH3 is 2. The maximum absolute atomic E-state index is 12.9. The predicted molar refractivity (Wildman–Crippen MR) is 96.1 cm³/mol. The highest BCUT2D eigenvalue weighted by Crippen LogP contribution is 2.31. The lowest BCUT2D eigenvalue weighted by molar-refractivity contribution is 0.0192. The summed E-state index contributed by atoms with van der Waals surface area (Å²) in [5, 5.41) is 0. The Morgan fingerprint density at radius 2 is 1.65 bits per heavy atom. The fraction of sp³-hybridized carbons (Fsp3) is 0.588. The molecule has 1 heterocycles. The quantitative estimate of drug-likeness (QED) is 0.786. The fourth-order valence-corrected chi connectivity index (χ4v) is 4.12. The molecular formula is C17H26N2O6S. The third-order valence-corrected chi connectivity index (χ3v) is 5.82. The van der Waals surface area contributed by atoms with E-state index in [0.29, 0.717) is 5.75 Å². The zero-order chi connectivity index (χ0) is 19.5. The Morgan fingerprint density at radius 3 is 2.15 bits per heavy atom. The molecule has 1 aromatic carbocycles. The van der Waals surface area contributed by atoms with E-state index in [1.165, 1.54) is 35.6 Å². The van der Waals surface area contributed by atoms with Crippen LogP contribution in [0.15, 0.2) is 23.1 Å². The fourth-order valence-electron chi connectivity index (χ4n) is 2.56. The van der Waals surface area contributed by atoms with Crippen molar-refractivity contribution < 1.29 is 27.4 Å². The molecule has 2 rings (SSSR count). The summed E-state index contributed by atoms with van der Waals surface area (Å²) in [5.41, 5.74) is -0.587. The maximum atomic E-state index is 12.9. The molecule has 1 saturated heterocycles. The zero-order valence-corrected chi connectivity index (χ0v) is 16.6. The average Bonchev–Trinajstić information content (AvgIpc) is 2.59. The largest absolute Gasteiger partial charge is 0.497 e. The molecule has 1 amide bonds. The smallest absolute Gasteiger partial charge is 0.410 e. The number of sulfonamides is 1. The van der Waals surface area contributed by atoms with Crippen molar-refractivity contribution in [1.29, 1.82) is 0 Å². The van der Waals surface area contributed by atoms with Crippen molar-refractivity contribution in [3.05, 3.63) is 18.2 Å². The van der Waals surface area contributed by atoms with Crippen molar-refractivity contribution in [2.24, 2.45) is 0 Å². The first-order chi connectivity index (χ1) is 12.1. The number of carbonyl (C=O) groups is 1. The van der Waals surface area contributed by atoms with Gasteiger partial charge in [-0.3, -0.25) is 0 Å². The van der Waals surface area contributed by atoms with E-state index < -0.39 is 21.7 Å². The Labute approximate surface area is 154 Å². The number of carbonyl (C=O) groups excluding carboxylic acids is 1. The number of rotatable bonds is 4. The van der Waals surface area contributed by atoms with Gasteiger partial charge in [-0.05, 0) is 32.9 Å². The molecule has 0 bridgehead atoms. The van der Waals surface area contributed by atoms with Crippen molar-refractivity contribution in [2.75, 3.05) is 40.4 Å². The SMILES string of the molecule is COc1ccc(S(=O)(=O)N2CCN(C(=O)OC(C)(C)C)CC2)c(OC)c1. The number of hydrogen-bond donors (Lipinski definition) is 0. The first kappa shape index (κ1) is 20.3. The summed E-state index contributed by atoms with van der Waals surface area (Å²) in [6, 6.07) is 4.57. The molecule has 9 heteroatoms. The van der Waals surface area contributed by atoms with Gasteiger partial charge in [0.2, 0.25) is 10.0 Å². The number of piperazine rings is 1. The standard InChI is InChI=1S/C17H26N2O6S/c1-17(2,3)25-16(20)18-8-10-19(11-9-18)26(21,22)15-7-6-13(23-4)12-14(15)24-5/h6-7,12H,8-11H2,1-5H3. The highest BCUT2D eigenvalue weighted by molar-refractivity contribution is 7.89. The van der Waals surface area contributed by atoms with Gasteiger partial charge in [0.25, 0.3) is 0 Å². The third-order valence-electron chi connectivity index (χ3n) is 3.88. The predicted octanol–water partition coefficient (Wildman–Crippen LogP) is 1.95. The first-order valence-electron chi connectivity index (χ1n) is 8.28. The molecule has 0 atom stereocenters. The van der Waals surface area contributed by atoms with Gasteiger partial charge in [0, 0.05) is 32.2 Å². The van der Waals surface area contributed by atoms with E-state index in [-0.39, 0.29) is 36.8 Å². The van der Waals surface area contributed by atoms with Crippen LogP contribution in [-0.2, 0) is 14.8 Å². The van der Waals surface area contributed by atoms with E-state index in [9.17, 15) is 13.2 Å². The zero-order valence-electron chi connectivity index (χ0n) is 15.8. The molecule has 1 aromatic rings. The van der Waals surface area contributed by atoms with Crippen LogP contribution in [-0.4, -0.2) is 69.7 Å². The Kier molecular flexibility index (Phi) is 6.02. The topological polar surface area (TPSA) is 85.4 Å². The normalized spacial score (nSPS) is 16.3. The van der Waals surface area contributed by atoms with Crippen LogP contribution >= 0.6 is 0 Å². The first-order valence-corrected chi connectivity index (χ1v) is 9.72. The highest BCUT2D eigenvalue weighted by atomic mass is 32.2. The molecule has 1 fully saturated rings. The van der Waals surface area contributed by atoms with Crippen LogP contribution in [0.5, 0.6) is 11.5 Å². The molecule has 0 aliphatic carbocycles. The van der Waals surface area contributed by atoms with E-state index >= 15 is 0 Å². The monoisotopic (exact) mass is 386 g/mol. The Hall–Kier alpha value is -2.00. The van der Waals surface area contributed by atoms with Gasteiger partial charge >= 0.3 is 6.09 Å². The minimum Gasteiger partial charge on any atom is -0.497 e. The van der Waals surface area contributed by atoms with E-state index in [1.54, 1.807) is 26.8 Å². The van der Waals surface area contributed by atoms with Crippen LogP contribution in [0, 0.1) is 0 Å². The van der Waals surface area contributed by atoms with Gasteiger partial charge in [-0.25, -0.2) is 13.2 Å². The minimum atomic E-state index is -3.74. The van der Waals surface area contributed by atoms with Crippen LogP contribution in [0.4, 0.5) is 4.79 Å². The van der Waals surface area contributed by atoms with E-state index in [0.717, 1.165) is 0 Å². The molecule has 1 aliphatic heterocycles. The Bertz CT molecular complexity index is 749. The van der Waals surface area contributed by atoms with Gasteiger partial charge < -0.3 is 19.1 Å². The average molecular weight is 386 g/mol. The summed E-state index contributed by atoms with van der Waals surface area (Å²) in [6.45, 7) is 6.30. The number of nitrogens with zero attached hydrogens (tertiary/aromatic N) is 2. The summed E-state index contributed by atoms with van der Waals surface area (Å²) in [4.78, 5) is 13.7. The highest BCUT2D eigenvalue weighted by Gasteiger charge is 2.33. The molecule has 0 unspecified atom stereocenters. The Morgan fingerprint density at radius 1 is 1.04 bits per heavy atom. The number of ether oxygens (including phenoxy) is 3. The van der Waals surface area contributed by atoms with Gasteiger partial charge in [0.15, 0.2) is 0 Å². The van der Waals surface area contributed by atoms with Crippen LogP contribution in [0.1, 0.15) is 20.8 Å². The lowest BCUT2D eigenvalue weighted by Gasteiger charge is -2.35. The van der Waals surface area contributed by atoms with Gasteiger partial charge in [0.05, 0.1) is 14.2 Å². The number of hydrogen-bond acceptors (Lipinski definition) is 6. The molecule has 0 radical (unpaired) electrons. The second kappa shape index (κ2) is 7.71. The molecule has 146 valence electrons. The second-order valence-electron chi connectivity index (χ2n) is 6.89. The Balaban J connectivity index is 2.12. The van der Waals surface area contributed by atoms with Crippen LogP contribution in [0.2, 0.25) is 0 Å². The van der Waals surface area contributed by atoms with Gasteiger partial charge in [-0.15, -0.1) is 0 Å². The van der Waals surface area contributed by atoms with E-state index in [4.69, 9.17) is 14.2 Å². The van der Waals surface area contributed by atoms with Crippen LogP contribution in [0.3, 0.4) is 0 Å². The molecule has 0 saturated carbocycles. The molecule has 26 heavy (non-hydrogen) atoms. The lowest BCUT2D eigenvalue weighted by atomic mass is 10.2. The van der Waals surface area contributed by atoms with Crippen molar-refractivity contribution in [3.8, 4) is 11.5 Å². The van der Waals surface area contributed by atoms with E-state index in [2.05, 4.69) is 0 Å². The number of amides is 1. The third kappa shape index (κ3) is 4.59. The summed E-state index contributed by atoms with van der Waals surface area (Å²) in [5.74, 6) is 0.731. The molecule has 0 spiro atoms. The van der Waals surface area contributed by atoms with E-state index in [1.807, 2.05) is 0 Å². The lowest BCUT2D eigenvalue weighted by Crippen LogP contribution is -2.51. The molecular weight excluding hydrogens is 360 g/mol.